The van der Waals surface area contributed by atoms with Crippen LogP contribution in [0.3, 0.4) is 0 Å². The molecule has 0 amide bonds. The van der Waals surface area contributed by atoms with Crippen LogP contribution >= 0.6 is 24.0 Å². The van der Waals surface area contributed by atoms with E-state index in [0.717, 1.165) is 31.2 Å². The van der Waals surface area contributed by atoms with Crippen molar-refractivity contribution in [1.82, 2.24) is 15.5 Å². The van der Waals surface area contributed by atoms with Crippen molar-refractivity contribution >= 4 is 29.9 Å². The molecule has 0 bridgehead atoms. The van der Waals surface area contributed by atoms with Gasteiger partial charge in [0.15, 0.2) is 5.96 Å². The highest BCUT2D eigenvalue weighted by Crippen LogP contribution is 2.04. The van der Waals surface area contributed by atoms with Gasteiger partial charge in [0, 0.05) is 33.2 Å². The van der Waals surface area contributed by atoms with Crippen molar-refractivity contribution < 1.29 is 4.39 Å². The van der Waals surface area contributed by atoms with Gasteiger partial charge in [-0.05, 0) is 24.7 Å². The smallest absolute Gasteiger partial charge is 0.191 e. The van der Waals surface area contributed by atoms with E-state index in [1.165, 1.54) is 12.1 Å². The van der Waals surface area contributed by atoms with Crippen molar-refractivity contribution in [2.45, 2.75) is 6.54 Å². The van der Waals surface area contributed by atoms with Gasteiger partial charge in [0.05, 0.1) is 0 Å². The molecule has 2 N–H and O–H groups in total. The molecule has 0 fully saturated rings. The maximum atomic E-state index is 12.8. The summed E-state index contributed by atoms with van der Waals surface area (Å²) in [6.07, 6.45) is 1.79. The van der Waals surface area contributed by atoms with E-state index in [-0.39, 0.29) is 29.8 Å². The highest BCUT2D eigenvalue weighted by atomic mass is 127. The van der Waals surface area contributed by atoms with Crippen molar-refractivity contribution in [3.63, 3.8) is 0 Å². The van der Waals surface area contributed by atoms with Crippen LogP contribution in [0.5, 0.6) is 0 Å². The number of nitrogens with one attached hydrogen (secondary N) is 2. The Morgan fingerprint density at radius 1 is 1.33 bits per heavy atom. The first-order valence-electron chi connectivity index (χ1n) is 6.64. The molecule has 1 aromatic carbocycles. The number of likely N-dealkylation sites (N-methyl/N-ethyl adjacent to an activating group) is 1. The second-order valence-corrected chi connectivity index (χ2v) is 4.53. The fourth-order valence-electron chi connectivity index (χ4n) is 1.74. The van der Waals surface area contributed by atoms with E-state index in [9.17, 15) is 4.39 Å². The zero-order chi connectivity index (χ0) is 14.8. The molecule has 0 aromatic heterocycles. The third-order valence-corrected chi connectivity index (χ3v) is 2.79. The Kier molecular flexibility index (Phi) is 10.9. The first-order chi connectivity index (χ1) is 9.65. The van der Waals surface area contributed by atoms with Gasteiger partial charge in [-0.25, -0.2) is 4.39 Å². The maximum Gasteiger partial charge on any atom is 0.191 e. The van der Waals surface area contributed by atoms with Crippen molar-refractivity contribution in [3.8, 4) is 0 Å². The standard InChI is InChI=1S/C15H23FN4.HI/c1-4-9-18-15(17-2)19-10-11-20(3)12-13-5-7-14(16)8-6-13;/h4-8H,1,9-12H2,2-3H3,(H2,17,18,19);1H. The lowest BCUT2D eigenvalue weighted by molar-refractivity contribution is 0.331. The topological polar surface area (TPSA) is 39.7 Å². The number of halogens is 2. The molecule has 0 radical (unpaired) electrons. The maximum absolute atomic E-state index is 12.8. The molecule has 1 rings (SSSR count). The van der Waals surface area contributed by atoms with E-state index in [1.54, 1.807) is 13.1 Å². The fraction of sp³-hybridized carbons (Fsp3) is 0.400. The van der Waals surface area contributed by atoms with Crippen LogP contribution in [0.25, 0.3) is 0 Å². The molecule has 1 aromatic rings. The fourth-order valence-corrected chi connectivity index (χ4v) is 1.74. The summed E-state index contributed by atoms with van der Waals surface area (Å²) in [5.41, 5.74) is 1.10. The highest BCUT2D eigenvalue weighted by molar-refractivity contribution is 14.0. The molecule has 0 saturated heterocycles. The van der Waals surface area contributed by atoms with Crippen LogP contribution in [-0.4, -0.2) is 44.6 Å². The molecular formula is C15H24FIN4. The quantitative estimate of drug-likeness (QED) is 0.316. The molecule has 4 nitrogen and oxygen atoms in total. The molecule has 118 valence electrons. The lowest BCUT2D eigenvalue weighted by Gasteiger charge is -2.18. The monoisotopic (exact) mass is 406 g/mol. The molecule has 0 aliphatic carbocycles. The summed E-state index contributed by atoms with van der Waals surface area (Å²) in [6.45, 7) is 6.78. The molecule has 0 unspecified atom stereocenters. The molecule has 6 heteroatoms. The van der Waals surface area contributed by atoms with E-state index < -0.39 is 0 Å². The van der Waals surface area contributed by atoms with Crippen molar-refractivity contribution in [2.75, 3.05) is 33.7 Å². The second-order valence-electron chi connectivity index (χ2n) is 4.53. The molecular weight excluding hydrogens is 382 g/mol. The van der Waals surface area contributed by atoms with Crippen LogP contribution in [0.2, 0.25) is 0 Å². The minimum absolute atomic E-state index is 0. The Morgan fingerprint density at radius 2 is 2.00 bits per heavy atom. The average molecular weight is 406 g/mol. The van der Waals surface area contributed by atoms with Crippen molar-refractivity contribution in [3.05, 3.63) is 48.3 Å². The summed E-state index contributed by atoms with van der Waals surface area (Å²) >= 11 is 0. The van der Waals surface area contributed by atoms with Crippen LogP contribution in [0.4, 0.5) is 4.39 Å². The molecule has 0 spiro atoms. The van der Waals surface area contributed by atoms with Crippen LogP contribution < -0.4 is 10.6 Å². The third-order valence-electron chi connectivity index (χ3n) is 2.79. The van der Waals surface area contributed by atoms with Gasteiger partial charge in [0.25, 0.3) is 0 Å². The van der Waals surface area contributed by atoms with Crippen LogP contribution in [0.1, 0.15) is 5.56 Å². The van der Waals surface area contributed by atoms with Gasteiger partial charge in [0.2, 0.25) is 0 Å². The van der Waals surface area contributed by atoms with E-state index in [1.807, 2.05) is 19.2 Å². The second kappa shape index (κ2) is 11.5. The number of nitrogens with zero attached hydrogens (tertiary/aromatic N) is 2. The third kappa shape index (κ3) is 8.67. The Hall–Kier alpha value is -1.15. The zero-order valence-corrected chi connectivity index (χ0v) is 14.9. The van der Waals surface area contributed by atoms with Gasteiger partial charge in [0.1, 0.15) is 5.82 Å². The lowest BCUT2D eigenvalue weighted by Crippen LogP contribution is -2.40. The van der Waals surface area contributed by atoms with Crippen LogP contribution in [-0.2, 0) is 6.54 Å². The Morgan fingerprint density at radius 3 is 2.57 bits per heavy atom. The minimum Gasteiger partial charge on any atom is -0.355 e. The number of hydrogen-bond donors (Lipinski definition) is 2. The van der Waals surface area contributed by atoms with Crippen molar-refractivity contribution in [1.29, 1.82) is 0 Å². The summed E-state index contributed by atoms with van der Waals surface area (Å²) in [6, 6.07) is 6.60. The number of hydrogen-bond acceptors (Lipinski definition) is 2. The van der Waals surface area contributed by atoms with Crippen LogP contribution in [0.15, 0.2) is 41.9 Å². The zero-order valence-electron chi connectivity index (χ0n) is 12.6. The molecule has 0 saturated carbocycles. The van der Waals surface area contributed by atoms with Gasteiger partial charge < -0.3 is 15.5 Å². The summed E-state index contributed by atoms with van der Waals surface area (Å²) in [7, 11) is 3.77. The van der Waals surface area contributed by atoms with Gasteiger partial charge >= 0.3 is 0 Å². The van der Waals surface area contributed by atoms with Gasteiger partial charge in [-0.1, -0.05) is 18.2 Å². The Labute approximate surface area is 143 Å². The molecule has 21 heavy (non-hydrogen) atoms. The summed E-state index contributed by atoms with van der Waals surface area (Å²) in [5, 5.41) is 6.33. The largest absolute Gasteiger partial charge is 0.355 e. The Balaban J connectivity index is 0.00000400. The molecule has 0 atom stereocenters. The SMILES string of the molecule is C=CCNC(=NC)NCCN(C)Cc1ccc(F)cc1.I. The molecule has 0 heterocycles. The number of benzene rings is 1. The van der Waals surface area contributed by atoms with Gasteiger partial charge in [-0.2, -0.15) is 0 Å². The number of guanidine groups is 1. The summed E-state index contributed by atoms with van der Waals surface area (Å²) < 4.78 is 12.8. The number of aliphatic imine (C=N–C) groups is 1. The Bertz CT molecular complexity index is 434. The van der Waals surface area contributed by atoms with Crippen LogP contribution in [0, 0.1) is 5.82 Å². The predicted octanol–water partition coefficient (Wildman–Crippen LogP) is 2.23. The molecule has 0 aliphatic rings. The van der Waals surface area contributed by atoms with E-state index in [2.05, 4.69) is 27.1 Å². The summed E-state index contributed by atoms with van der Waals surface area (Å²) in [5.74, 6) is 0.565. The van der Waals surface area contributed by atoms with Gasteiger partial charge in [-0.3, -0.25) is 4.99 Å². The molecule has 0 aliphatic heterocycles. The predicted molar refractivity (Wildman–Crippen MR) is 97.7 cm³/mol. The van der Waals surface area contributed by atoms with Crippen molar-refractivity contribution in [2.24, 2.45) is 4.99 Å². The summed E-state index contributed by atoms with van der Waals surface area (Å²) in [4.78, 5) is 6.27. The average Bonchev–Trinajstić information content (AvgIpc) is 2.45. The normalized spacial score (nSPS) is 11.0. The minimum atomic E-state index is -0.199. The van der Waals surface area contributed by atoms with E-state index in [4.69, 9.17) is 0 Å². The lowest BCUT2D eigenvalue weighted by atomic mass is 10.2. The first-order valence-corrected chi connectivity index (χ1v) is 6.64. The first kappa shape index (κ1) is 19.9. The van der Waals surface area contributed by atoms with E-state index in [0.29, 0.717) is 6.54 Å². The van der Waals surface area contributed by atoms with Gasteiger partial charge in [-0.15, -0.1) is 30.6 Å². The number of rotatable bonds is 7. The van der Waals surface area contributed by atoms with E-state index >= 15 is 0 Å². The highest BCUT2D eigenvalue weighted by Gasteiger charge is 2.01.